The Morgan fingerprint density at radius 3 is 2.62 bits per heavy atom. The van der Waals surface area contributed by atoms with Crippen LogP contribution in [0.25, 0.3) is 0 Å². The maximum absolute atomic E-state index is 3.79. The molecule has 0 amide bonds. The quantitative estimate of drug-likeness (QED) is 0.612. The number of hydrogen-bond acceptors (Lipinski definition) is 2. The number of likely N-dealkylation sites (N-methyl/N-ethyl adjacent to an activating group) is 1. The Morgan fingerprint density at radius 1 is 1.08 bits per heavy atom. The van der Waals surface area contributed by atoms with E-state index in [9.17, 15) is 0 Å². The van der Waals surface area contributed by atoms with E-state index in [0.717, 1.165) is 0 Å². The predicted molar refractivity (Wildman–Crippen MR) is 55.9 cm³/mol. The molecule has 0 aromatic rings. The van der Waals surface area contributed by atoms with Crippen LogP contribution in [-0.4, -0.2) is 37.1 Å². The van der Waals surface area contributed by atoms with E-state index < -0.39 is 0 Å². The summed E-state index contributed by atoms with van der Waals surface area (Å²) in [4.78, 5) is 2.51. The van der Waals surface area contributed by atoms with Crippen LogP contribution < -0.4 is 5.32 Å². The van der Waals surface area contributed by atoms with Crippen LogP contribution in [0.5, 0.6) is 0 Å². The molecule has 76 valence electrons. The molecule has 1 heterocycles. The average Bonchev–Trinajstić information content (AvgIpc) is 2.29. The molecule has 1 saturated carbocycles. The van der Waals surface area contributed by atoms with Gasteiger partial charge in [-0.25, -0.2) is 0 Å². The molecule has 1 N–H and O–H groups in total. The van der Waals surface area contributed by atoms with Crippen LogP contribution in [0.1, 0.15) is 38.5 Å². The summed E-state index contributed by atoms with van der Waals surface area (Å²) >= 11 is 0. The van der Waals surface area contributed by atoms with Crippen molar-refractivity contribution in [1.82, 2.24) is 10.2 Å². The first kappa shape index (κ1) is 9.47. The summed E-state index contributed by atoms with van der Waals surface area (Å²) < 4.78 is 0. The van der Waals surface area contributed by atoms with Crippen LogP contribution >= 0.6 is 0 Å². The van der Waals surface area contributed by atoms with Crippen molar-refractivity contribution < 1.29 is 0 Å². The lowest BCUT2D eigenvalue weighted by molar-refractivity contribution is 0.184. The molecule has 0 aromatic heterocycles. The highest BCUT2D eigenvalue weighted by molar-refractivity contribution is 4.94. The maximum atomic E-state index is 3.79. The third-order valence-electron chi connectivity index (χ3n) is 3.60. The molecule has 0 radical (unpaired) electrons. The van der Waals surface area contributed by atoms with Gasteiger partial charge in [0.2, 0.25) is 0 Å². The maximum Gasteiger partial charge on any atom is 0.0308 e. The van der Waals surface area contributed by atoms with Gasteiger partial charge in [0.25, 0.3) is 0 Å². The minimum absolute atomic E-state index is 0.490. The van der Waals surface area contributed by atoms with Gasteiger partial charge in [-0.2, -0.15) is 0 Å². The first-order valence-electron chi connectivity index (χ1n) is 5.74. The van der Waals surface area contributed by atoms with Crippen molar-refractivity contribution in [3.63, 3.8) is 0 Å². The van der Waals surface area contributed by atoms with Gasteiger partial charge in [0.15, 0.2) is 0 Å². The van der Waals surface area contributed by atoms with Crippen molar-refractivity contribution in [1.29, 1.82) is 0 Å². The van der Waals surface area contributed by atoms with E-state index in [1.54, 1.807) is 0 Å². The predicted octanol–water partition coefficient (Wildman–Crippen LogP) is 1.61. The van der Waals surface area contributed by atoms with Crippen LogP contribution in [0, 0.1) is 0 Å². The molecule has 2 fully saturated rings. The summed E-state index contributed by atoms with van der Waals surface area (Å²) in [5, 5.41) is 3.79. The minimum atomic E-state index is 0.490. The first-order chi connectivity index (χ1) is 6.31. The van der Waals surface area contributed by atoms with Gasteiger partial charge in [0.05, 0.1) is 0 Å². The van der Waals surface area contributed by atoms with Gasteiger partial charge in [-0.3, -0.25) is 0 Å². The van der Waals surface area contributed by atoms with Crippen molar-refractivity contribution >= 4 is 0 Å². The molecule has 2 aliphatic rings. The third-order valence-corrected chi connectivity index (χ3v) is 3.60. The van der Waals surface area contributed by atoms with Crippen molar-refractivity contribution in [2.45, 2.75) is 44.1 Å². The number of hydrogen-bond donors (Lipinski definition) is 1. The van der Waals surface area contributed by atoms with Crippen LogP contribution in [-0.2, 0) is 0 Å². The molecule has 0 aromatic carbocycles. The zero-order valence-electron chi connectivity index (χ0n) is 8.81. The van der Waals surface area contributed by atoms with Gasteiger partial charge in [-0.15, -0.1) is 0 Å². The van der Waals surface area contributed by atoms with E-state index in [0.29, 0.717) is 5.54 Å². The Balaban J connectivity index is 2.00. The molecule has 1 saturated heterocycles. The second-order valence-electron chi connectivity index (χ2n) is 4.86. The van der Waals surface area contributed by atoms with E-state index >= 15 is 0 Å². The number of nitrogens with one attached hydrogen (secondary N) is 1. The second kappa shape index (κ2) is 3.97. The van der Waals surface area contributed by atoms with E-state index in [2.05, 4.69) is 17.3 Å². The zero-order valence-corrected chi connectivity index (χ0v) is 8.81. The smallest absolute Gasteiger partial charge is 0.0308 e. The normalized spacial score (nSPS) is 30.2. The monoisotopic (exact) mass is 182 g/mol. The van der Waals surface area contributed by atoms with E-state index in [-0.39, 0.29) is 0 Å². The van der Waals surface area contributed by atoms with Gasteiger partial charge >= 0.3 is 0 Å². The lowest BCUT2D eigenvalue weighted by Crippen LogP contribution is -2.52. The Kier molecular flexibility index (Phi) is 2.89. The molecule has 2 nitrogen and oxygen atoms in total. The molecule has 0 bridgehead atoms. The molecule has 0 unspecified atom stereocenters. The molecule has 1 aliphatic carbocycles. The largest absolute Gasteiger partial charge is 0.310 e. The Hall–Kier alpha value is -0.0800. The molecule has 1 spiro atoms. The van der Waals surface area contributed by atoms with Gasteiger partial charge in [0, 0.05) is 12.1 Å². The topological polar surface area (TPSA) is 15.3 Å². The fourth-order valence-corrected chi connectivity index (χ4v) is 2.92. The number of nitrogens with zero attached hydrogens (tertiary/aromatic N) is 1. The lowest BCUT2D eigenvalue weighted by atomic mass is 9.81. The third kappa shape index (κ3) is 2.23. The lowest BCUT2D eigenvalue weighted by Gasteiger charge is -2.39. The number of rotatable bonds is 0. The molecular formula is C11H22N2. The summed E-state index contributed by atoms with van der Waals surface area (Å²) in [5.74, 6) is 0. The second-order valence-corrected chi connectivity index (χ2v) is 4.86. The molecule has 0 atom stereocenters. The first-order valence-corrected chi connectivity index (χ1v) is 5.74. The van der Waals surface area contributed by atoms with Gasteiger partial charge in [-0.05, 0) is 39.4 Å². The van der Waals surface area contributed by atoms with Crippen molar-refractivity contribution in [3.05, 3.63) is 0 Å². The minimum Gasteiger partial charge on any atom is -0.310 e. The molecule has 1 aliphatic heterocycles. The molecule has 13 heavy (non-hydrogen) atoms. The highest BCUT2D eigenvalue weighted by Gasteiger charge is 2.33. The van der Waals surface area contributed by atoms with Gasteiger partial charge in [0.1, 0.15) is 0 Å². The highest BCUT2D eigenvalue weighted by Crippen LogP contribution is 2.29. The van der Waals surface area contributed by atoms with Crippen molar-refractivity contribution in [2.75, 3.05) is 26.7 Å². The van der Waals surface area contributed by atoms with Crippen LogP contribution in [0.4, 0.5) is 0 Å². The molecule has 2 rings (SSSR count). The van der Waals surface area contributed by atoms with Crippen LogP contribution in [0.3, 0.4) is 0 Å². The van der Waals surface area contributed by atoms with Crippen LogP contribution in [0.2, 0.25) is 0 Å². The SMILES string of the molecule is CN1CCCNC2(CCCCC2)C1. The standard InChI is InChI=1S/C11H22N2/c1-13-9-5-8-12-11(10-13)6-3-2-4-7-11/h12H,2-10H2,1H3. The van der Waals surface area contributed by atoms with Gasteiger partial charge < -0.3 is 10.2 Å². The summed E-state index contributed by atoms with van der Waals surface area (Å²) in [6.07, 6.45) is 8.43. The molecule has 2 heteroatoms. The van der Waals surface area contributed by atoms with Crippen LogP contribution in [0.15, 0.2) is 0 Å². The van der Waals surface area contributed by atoms with Crippen molar-refractivity contribution in [2.24, 2.45) is 0 Å². The summed E-state index contributed by atoms with van der Waals surface area (Å²) in [5.41, 5.74) is 0.490. The highest BCUT2D eigenvalue weighted by atomic mass is 15.2. The summed E-state index contributed by atoms with van der Waals surface area (Å²) in [7, 11) is 2.27. The fourth-order valence-electron chi connectivity index (χ4n) is 2.92. The van der Waals surface area contributed by atoms with E-state index in [1.807, 2.05) is 0 Å². The fraction of sp³-hybridized carbons (Fsp3) is 1.00. The Morgan fingerprint density at radius 2 is 1.85 bits per heavy atom. The Bertz CT molecular complexity index is 161. The van der Waals surface area contributed by atoms with Gasteiger partial charge in [-0.1, -0.05) is 19.3 Å². The van der Waals surface area contributed by atoms with E-state index in [4.69, 9.17) is 0 Å². The summed E-state index contributed by atoms with van der Waals surface area (Å²) in [6.45, 7) is 3.77. The molecular weight excluding hydrogens is 160 g/mol. The summed E-state index contributed by atoms with van der Waals surface area (Å²) in [6, 6.07) is 0. The van der Waals surface area contributed by atoms with E-state index in [1.165, 1.54) is 58.2 Å². The van der Waals surface area contributed by atoms with Crippen molar-refractivity contribution in [3.8, 4) is 0 Å². The average molecular weight is 182 g/mol. The Labute approximate surface area is 81.7 Å². The zero-order chi connectivity index (χ0) is 9.15.